The highest BCUT2D eigenvalue weighted by molar-refractivity contribution is 5.27. The Bertz CT molecular complexity index is 325. The first-order chi connectivity index (χ1) is 7.27. The number of aromatic nitrogens is 1. The molecule has 1 aromatic rings. The van der Waals surface area contributed by atoms with Crippen molar-refractivity contribution in [3.8, 4) is 0 Å². The molecule has 82 valence electrons. The number of fused-ring (bicyclic) bond motifs is 1. The second-order valence-corrected chi connectivity index (χ2v) is 4.46. The molecule has 0 radical (unpaired) electrons. The molecule has 0 amide bonds. The van der Waals surface area contributed by atoms with Crippen molar-refractivity contribution < 1.29 is 4.84 Å². The maximum Gasteiger partial charge on any atom is 0.0749 e. The Balaban J connectivity index is 1.90. The summed E-state index contributed by atoms with van der Waals surface area (Å²) < 4.78 is 0. The second-order valence-electron chi connectivity index (χ2n) is 4.46. The third-order valence-corrected chi connectivity index (χ3v) is 2.60. The fraction of sp³-hybridized carbons (Fsp3) is 0.583. The summed E-state index contributed by atoms with van der Waals surface area (Å²) in [5.74, 6) is 0.558. The molecule has 1 atom stereocenters. The number of hydroxylamine groups is 1. The molecule has 15 heavy (non-hydrogen) atoms. The summed E-state index contributed by atoms with van der Waals surface area (Å²) in [6.07, 6.45) is 4.04. The van der Waals surface area contributed by atoms with Gasteiger partial charge in [-0.3, -0.25) is 4.98 Å². The molecule has 1 aliphatic rings. The Morgan fingerprint density at radius 3 is 3.27 bits per heavy atom. The van der Waals surface area contributed by atoms with Crippen LogP contribution in [0.3, 0.4) is 0 Å². The van der Waals surface area contributed by atoms with Gasteiger partial charge in [-0.1, -0.05) is 19.9 Å². The van der Waals surface area contributed by atoms with Gasteiger partial charge in [0.2, 0.25) is 0 Å². The monoisotopic (exact) mass is 206 g/mol. The zero-order valence-electron chi connectivity index (χ0n) is 9.36. The van der Waals surface area contributed by atoms with Crippen LogP contribution in [0.1, 0.15) is 37.6 Å². The molecule has 0 aliphatic heterocycles. The van der Waals surface area contributed by atoms with E-state index < -0.39 is 0 Å². The lowest BCUT2D eigenvalue weighted by molar-refractivity contribution is -0.000132. The molecule has 3 heteroatoms. The fourth-order valence-electron chi connectivity index (χ4n) is 1.84. The van der Waals surface area contributed by atoms with Gasteiger partial charge in [-0.2, -0.15) is 5.48 Å². The van der Waals surface area contributed by atoms with E-state index in [0.29, 0.717) is 5.92 Å². The Morgan fingerprint density at radius 2 is 2.47 bits per heavy atom. The second kappa shape index (κ2) is 4.73. The highest BCUT2D eigenvalue weighted by atomic mass is 16.6. The van der Waals surface area contributed by atoms with Crippen LogP contribution in [0.25, 0.3) is 0 Å². The van der Waals surface area contributed by atoms with Crippen LogP contribution in [0.4, 0.5) is 0 Å². The molecule has 2 rings (SSSR count). The van der Waals surface area contributed by atoms with E-state index in [1.165, 1.54) is 5.56 Å². The summed E-state index contributed by atoms with van der Waals surface area (Å²) in [6, 6.07) is 4.42. The molecule has 3 nitrogen and oxygen atoms in total. The highest BCUT2D eigenvalue weighted by Gasteiger charge is 2.23. The van der Waals surface area contributed by atoms with Gasteiger partial charge in [0.1, 0.15) is 0 Å². The lowest BCUT2D eigenvalue weighted by atomic mass is 10.2. The van der Waals surface area contributed by atoms with Gasteiger partial charge >= 0.3 is 0 Å². The van der Waals surface area contributed by atoms with Crippen molar-refractivity contribution in [2.45, 2.75) is 32.7 Å². The summed E-state index contributed by atoms with van der Waals surface area (Å²) in [5, 5.41) is 0. The summed E-state index contributed by atoms with van der Waals surface area (Å²) in [5.41, 5.74) is 5.61. The average molecular weight is 206 g/mol. The first-order valence-corrected chi connectivity index (χ1v) is 5.58. The summed E-state index contributed by atoms with van der Waals surface area (Å²) in [4.78, 5) is 9.84. The van der Waals surface area contributed by atoms with Crippen molar-refractivity contribution in [1.82, 2.24) is 10.5 Å². The molecule has 1 aromatic heterocycles. The van der Waals surface area contributed by atoms with E-state index in [0.717, 1.165) is 25.1 Å². The minimum atomic E-state index is 0.278. The van der Waals surface area contributed by atoms with Gasteiger partial charge in [0.05, 0.1) is 18.3 Å². The van der Waals surface area contributed by atoms with Crippen LogP contribution in [0, 0.1) is 5.92 Å². The van der Waals surface area contributed by atoms with Crippen LogP contribution < -0.4 is 5.48 Å². The Kier molecular flexibility index (Phi) is 3.34. The molecular weight excluding hydrogens is 188 g/mol. The van der Waals surface area contributed by atoms with Crippen molar-refractivity contribution in [2.75, 3.05) is 6.61 Å². The van der Waals surface area contributed by atoms with E-state index in [1.54, 1.807) is 0 Å². The number of rotatable bonds is 4. The van der Waals surface area contributed by atoms with Crippen LogP contribution in [0.2, 0.25) is 0 Å². The van der Waals surface area contributed by atoms with E-state index >= 15 is 0 Å². The summed E-state index contributed by atoms with van der Waals surface area (Å²) in [6.45, 7) is 5.03. The molecular formula is C12H18N2O. The number of pyridine rings is 1. The third-order valence-electron chi connectivity index (χ3n) is 2.60. The van der Waals surface area contributed by atoms with E-state index in [9.17, 15) is 0 Å². The summed E-state index contributed by atoms with van der Waals surface area (Å²) >= 11 is 0. The molecule has 0 spiro atoms. The van der Waals surface area contributed by atoms with Gasteiger partial charge in [-0.15, -0.1) is 0 Å². The zero-order valence-corrected chi connectivity index (χ0v) is 9.36. The lowest BCUT2D eigenvalue weighted by Gasteiger charge is -2.14. The minimum absolute atomic E-state index is 0.278. The van der Waals surface area contributed by atoms with Crippen LogP contribution in [-0.4, -0.2) is 11.6 Å². The van der Waals surface area contributed by atoms with Gasteiger partial charge in [-0.05, 0) is 30.4 Å². The Hall–Kier alpha value is -0.930. The van der Waals surface area contributed by atoms with Crippen LogP contribution >= 0.6 is 0 Å². The molecule has 0 fully saturated rings. The first kappa shape index (κ1) is 10.6. The maximum absolute atomic E-state index is 5.45. The molecule has 1 heterocycles. The summed E-state index contributed by atoms with van der Waals surface area (Å²) in [7, 11) is 0. The van der Waals surface area contributed by atoms with Gasteiger partial charge in [0, 0.05) is 6.20 Å². The minimum Gasteiger partial charge on any atom is -0.301 e. The van der Waals surface area contributed by atoms with E-state index in [4.69, 9.17) is 4.84 Å². The quantitative estimate of drug-likeness (QED) is 0.767. The van der Waals surface area contributed by atoms with Gasteiger partial charge in [0.15, 0.2) is 0 Å². The van der Waals surface area contributed by atoms with Gasteiger partial charge in [-0.25, -0.2) is 0 Å². The predicted octanol–water partition coefficient (Wildman–Crippen LogP) is 2.25. The number of nitrogens with zero attached hydrogens (tertiary/aromatic N) is 1. The van der Waals surface area contributed by atoms with Crippen LogP contribution in [0.5, 0.6) is 0 Å². The van der Waals surface area contributed by atoms with E-state index in [1.807, 2.05) is 12.3 Å². The van der Waals surface area contributed by atoms with Crippen molar-refractivity contribution in [3.05, 3.63) is 29.6 Å². The standard InChI is InChI=1S/C12H18N2O/c1-9(2)8-15-14-11-6-5-10-4-3-7-13-12(10)11/h3-4,7,9,11,14H,5-6,8H2,1-2H3. The lowest BCUT2D eigenvalue weighted by Crippen LogP contribution is -2.22. The average Bonchev–Trinajstić information content (AvgIpc) is 2.62. The van der Waals surface area contributed by atoms with Crippen LogP contribution in [0.15, 0.2) is 18.3 Å². The molecule has 0 saturated heterocycles. The topological polar surface area (TPSA) is 34.1 Å². The SMILES string of the molecule is CC(C)CONC1CCc2cccnc21. The highest BCUT2D eigenvalue weighted by Crippen LogP contribution is 2.28. The van der Waals surface area contributed by atoms with Crippen molar-refractivity contribution in [2.24, 2.45) is 5.92 Å². The smallest absolute Gasteiger partial charge is 0.0749 e. The third kappa shape index (κ3) is 2.55. The zero-order chi connectivity index (χ0) is 10.7. The van der Waals surface area contributed by atoms with E-state index in [2.05, 4.69) is 30.4 Å². The van der Waals surface area contributed by atoms with Crippen molar-refractivity contribution >= 4 is 0 Å². The Morgan fingerprint density at radius 1 is 1.60 bits per heavy atom. The molecule has 0 saturated carbocycles. The molecule has 0 bridgehead atoms. The fourth-order valence-corrected chi connectivity index (χ4v) is 1.84. The number of nitrogens with one attached hydrogen (secondary N) is 1. The molecule has 0 aromatic carbocycles. The number of hydrogen-bond donors (Lipinski definition) is 1. The molecule has 1 aliphatic carbocycles. The van der Waals surface area contributed by atoms with Crippen molar-refractivity contribution in [3.63, 3.8) is 0 Å². The molecule has 1 unspecified atom stereocenters. The number of hydrogen-bond acceptors (Lipinski definition) is 3. The predicted molar refractivity (Wildman–Crippen MR) is 59.2 cm³/mol. The maximum atomic E-state index is 5.45. The number of aryl methyl sites for hydroxylation is 1. The van der Waals surface area contributed by atoms with Gasteiger partial charge < -0.3 is 4.84 Å². The largest absolute Gasteiger partial charge is 0.301 e. The van der Waals surface area contributed by atoms with Crippen LogP contribution in [-0.2, 0) is 11.3 Å². The first-order valence-electron chi connectivity index (χ1n) is 5.58. The normalized spacial score (nSPS) is 19.5. The Labute approximate surface area is 90.8 Å². The van der Waals surface area contributed by atoms with E-state index in [-0.39, 0.29) is 6.04 Å². The van der Waals surface area contributed by atoms with Crippen molar-refractivity contribution in [1.29, 1.82) is 0 Å². The molecule has 1 N–H and O–H groups in total. The van der Waals surface area contributed by atoms with Gasteiger partial charge in [0.25, 0.3) is 0 Å².